The van der Waals surface area contributed by atoms with Gasteiger partial charge >= 0.3 is 0 Å². The highest BCUT2D eigenvalue weighted by molar-refractivity contribution is 5.36. The van der Waals surface area contributed by atoms with E-state index in [0.29, 0.717) is 0 Å². The van der Waals surface area contributed by atoms with E-state index in [2.05, 4.69) is 34.5 Å². The van der Waals surface area contributed by atoms with Crippen molar-refractivity contribution < 1.29 is 9.15 Å². The first-order valence-corrected chi connectivity index (χ1v) is 7.08. The van der Waals surface area contributed by atoms with Crippen molar-refractivity contribution in [1.29, 1.82) is 0 Å². The summed E-state index contributed by atoms with van der Waals surface area (Å²) in [6.07, 6.45) is 0. The van der Waals surface area contributed by atoms with Gasteiger partial charge in [0.2, 0.25) is 0 Å². The lowest BCUT2D eigenvalue weighted by Crippen LogP contribution is -2.35. The maximum Gasteiger partial charge on any atom is 0.195 e. The van der Waals surface area contributed by atoms with Crippen LogP contribution in [-0.2, 0) is 17.8 Å². The van der Waals surface area contributed by atoms with Crippen LogP contribution >= 0.6 is 0 Å². The van der Waals surface area contributed by atoms with Crippen LogP contribution in [0.4, 0.5) is 5.88 Å². The number of ether oxygens (including phenoxy) is 1. The van der Waals surface area contributed by atoms with E-state index in [-0.39, 0.29) is 0 Å². The van der Waals surface area contributed by atoms with Gasteiger partial charge in [0.05, 0.1) is 19.8 Å². The minimum Gasteiger partial charge on any atom is -0.444 e. The Morgan fingerprint density at radius 3 is 2.55 bits per heavy atom. The van der Waals surface area contributed by atoms with E-state index in [9.17, 15) is 0 Å². The van der Waals surface area contributed by atoms with Crippen molar-refractivity contribution in [3.05, 3.63) is 53.8 Å². The highest BCUT2D eigenvalue weighted by Gasteiger charge is 2.14. The molecular formula is C16H20N2O2. The molecule has 0 aliphatic carbocycles. The Morgan fingerprint density at radius 2 is 1.75 bits per heavy atom. The number of furan rings is 1. The van der Waals surface area contributed by atoms with Gasteiger partial charge in [0.1, 0.15) is 5.76 Å². The van der Waals surface area contributed by atoms with E-state index >= 15 is 0 Å². The summed E-state index contributed by atoms with van der Waals surface area (Å²) < 4.78 is 11.2. The molecule has 4 heteroatoms. The minimum atomic E-state index is 0.749. The lowest BCUT2D eigenvalue weighted by atomic mass is 10.2. The summed E-state index contributed by atoms with van der Waals surface area (Å²) in [5, 5.41) is 3.40. The third-order valence-electron chi connectivity index (χ3n) is 3.44. The van der Waals surface area contributed by atoms with E-state index < -0.39 is 0 Å². The lowest BCUT2D eigenvalue weighted by Gasteiger charge is -2.26. The number of anilines is 1. The zero-order valence-electron chi connectivity index (χ0n) is 11.5. The second kappa shape index (κ2) is 6.59. The second-order valence-corrected chi connectivity index (χ2v) is 4.93. The average Bonchev–Trinajstić information content (AvgIpc) is 2.98. The van der Waals surface area contributed by atoms with Crippen LogP contribution in [0.1, 0.15) is 11.3 Å². The maximum absolute atomic E-state index is 5.87. The molecule has 0 spiro atoms. The van der Waals surface area contributed by atoms with Gasteiger partial charge in [-0.05, 0) is 11.6 Å². The Bertz CT molecular complexity index is 518. The Hall–Kier alpha value is -1.78. The predicted molar refractivity (Wildman–Crippen MR) is 78.7 cm³/mol. The van der Waals surface area contributed by atoms with Gasteiger partial charge in [0.15, 0.2) is 5.88 Å². The molecule has 2 heterocycles. The summed E-state index contributed by atoms with van der Waals surface area (Å²) in [6.45, 7) is 4.98. The maximum atomic E-state index is 5.87. The van der Waals surface area contributed by atoms with Crippen molar-refractivity contribution in [2.75, 3.05) is 31.2 Å². The Kier molecular flexibility index (Phi) is 4.35. The third kappa shape index (κ3) is 3.40. The van der Waals surface area contributed by atoms with Crippen molar-refractivity contribution in [3.63, 3.8) is 0 Å². The predicted octanol–water partition coefficient (Wildman–Crippen LogP) is 2.41. The Labute approximate surface area is 119 Å². The fourth-order valence-electron chi connectivity index (χ4n) is 2.34. The molecule has 1 aromatic carbocycles. The molecule has 0 atom stereocenters. The summed E-state index contributed by atoms with van der Waals surface area (Å²) in [5.41, 5.74) is 1.28. The molecule has 1 aromatic heterocycles. The van der Waals surface area contributed by atoms with E-state index in [1.165, 1.54) is 5.56 Å². The van der Waals surface area contributed by atoms with Gasteiger partial charge in [-0.1, -0.05) is 30.3 Å². The van der Waals surface area contributed by atoms with Crippen LogP contribution in [0.3, 0.4) is 0 Å². The summed E-state index contributed by atoms with van der Waals surface area (Å²) in [6, 6.07) is 14.5. The van der Waals surface area contributed by atoms with Gasteiger partial charge in [-0.15, -0.1) is 0 Å². The zero-order valence-corrected chi connectivity index (χ0v) is 11.5. The summed E-state index contributed by atoms with van der Waals surface area (Å²) in [5.74, 6) is 1.92. The average molecular weight is 272 g/mol. The molecule has 1 aliphatic rings. The third-order valence-corrected chi connectivity index (χ3v) is 3.44. The summed E-state index contributed by atoms with van der Waals surface area (Å²) in [7, 11) is 0. The van der Waals surface area contributed by atoms with Crippen LogP contribution in [0.25, 0.3) is 0 Å². The summed E-state index contributed by atoms with van der Waals surface area (Å²) in [4.78, 5) is 2.23. The Balaban J connectivity index is 1.50. The van der Waals surface area contributed by atoms with Gasteiger partial charge < -0.3 is 19.4 Å². The van der Waals surface area contributed by atoms with Crippen molar-refractivity contribution in [3.8, 4) is 0 Å². The topological polar surface area (TPSA) is 37.6 Å². The first-order chi connectivity index (χ1) is 9.92. The first-order valence-electron chi connectivity index (χ1n) is 7.08. The van der Waals surface area contributed by atoms with Crippen molar-refractivity contribution in [2.45, 2.75) is 13.1 Å². The van der Waals surface area contributed by atoms with Gasteiger partial charge in [-0.25, -0.2) is 0 Å². The molecular weight excluding hydrogens is 252 g/mol. The van der Waals surface area contributed by atoms with Gasteiger partial charge in [-0.3, -0.25) is 0 Å². The van der Waals surface area contributed by atoms with E-state index in [1.807, 2.05) is 18.2 Å². The van der Waals surface area contributed by atoms with Crippen LogP contribution in [0.5, 0.6) is 0 Å². The highest BCUT2D eigenvalue weighted by Crippen LogP contribution is 2.19. The fraction of sp³-hybridized carbons (Fsp3) is 0.375. The molecule has 0 radical (unpaired) electrons. The van der Waals surface area contributed by atoms with Crippen LogP contribution in [0.2, 0.25) is 0 Å². The van der Waals surface area contributed by atoms with E-state index in [4.69, 9.17) is 9.15 Å². The molecule has 0 unspecified atom stereocenters. The van der Waals surface area contributed by atoms with E-state index in [1.54, 1.807) is 0 Å². The number of rotatable bonds is 5. The molecule has 3 rings (SSSR count). The van der Waals surface area contributed by atoms with Crippen molar-refractivity contribution in [1.82, 2.24) is 5.32 Å². The zero-order chi connectivity index (χ0) is 13.6. The van der Waals surface area contributed by atoms with Crippen molar-refractivity contribution in [2.24, 2.45) is 0 Å². The number of hydrogen-bond acceptors (Lipinski definition) is 4. The molecule has 0 saturated carbocycles. The van der Waals surface area contributed by atoms with Crippen LogP contribution in [0.15, 0.2) is 46.9 Å². The minimum absolute atomic E-state index is 0.749. The number of benzene rings is 1. The van der Waals surface area contributed by atoms with Crippen LogP contribution in [-0.4, -0.2) is 26.3 Å². The molecule has 4 nitrogen and oxygen atoms in total. The molecule has 1 aliphatic heterocycles. The number of hydrogen-bond donors (Lipinski definition) is 1. The number of nitrogens with one attached hydrogen (secondary N) is 1. The van der Waals surface area contributed by atoms with Gasteiger partial charge in [0.25, 0.3) is 0 Å². The standard InChI is InChI=1S/C16H20N2O2/c1-2-4-14(5-3-1)12-17-13-15-6-7-16(20-15)18-8-10-19-11-9-18/h1-7,17H,8-13H2. The van der Waals surface area contributed by atoms with Crippen molar-refractivity contribution >= 4 is 5.88 Å². The normalized spacial score (nSPS) is 15.5. The van der Waals surface area contributed by atoms with Crippen LogP contribution in [0, 0.1) is 0 Å². The molecule has 106 valence electrons. The first kappa shape index (κ1) is 13.2. The second-order valence-electron chi connectivity index (χ2n) is 4.93. The largest absolute Gasteiger partial charge is 0.444 e. The Morgan fingerprint density at radius 1 is 0.950 bits per heavy atom. The molecule has 1 fully saturated rings. The smallest absolute Gasteiger partial charge is 0.195 e. The SMILES string of the molecule is c1ccc(CNCc2ccc(N3CCOCC3)o2)cc1. The molecule has 0 amide bonds. The molecule has 1 N–H and O–H groups in total. The molecule has 20 heavy (non-hydrogen) atoms. The van der Waals surface area contributed by atoms with Gasteiger partial charge in [-0.2, -0.15) is 0 Å². The highest BCUT2D eigenvalue weighted by atomic mass is 16.5. The molecule has 2 aromatic rings. The van der Waals surface area contributed by atoms with E-state index in [0.717, 1.165) is 51.0 Å². The van der Waals surface area contributed by atoms with Gasteiger partial charge in [0, 0.05) is 25.7 Å². The van der Waals surface area contributed by atoms with Crippen LogP contribution < -0.4 is 10.2 Å². The monoisotopic (exact) mass is 272 g/mol. The fourth-order valence-corrected chi connectivity index (χ4v) is 2.34. The number of nitrogens with zero attached hydrogens (tertiary/aromatic N) is 1. The summed E-state index contributed by atoms with van der Waals surface area (Å²) >= 11 is 0. The number of morpholine rings is 1. The molecule has 0 bridgehead atoms. The molecule has 1 saturated heterocycles. The lowest BCUT2D eigenvalue weighted by molar-refractivity contribution is 0.120. The quantitative estimate of drug-likeness (QED) is 0.907.